The van der Waals surface area contributed by atoms with Gasteiger partial charge in [-0.1, -0.05) is 25.7 Å². The monoisotopic (exact) mass is 341 g/mol. The Morgan fingerprint density at radius 1 is 1.14 bits per heavy atom. The average molecular weight is 342 g/mol. The Balaban J connectivity index is 0.00000400. The SMILES string of the molecule is CN(CC(=O)NCCNC1CCCCCC1)S(C)(=O)=O.Cl. The van der Waals surface area contributed by atoms with E-state index in [9.17, 15) is 13.2 Å². The molecule has 0 aromatic rings. The molecule has 0 atom stereocenters. The van der Waals surface area contributed by atoms with Crippen molar-refractivity contribution in [3.05, 3.63) is 0 Å². The molecule has 0 saturated heterocycles. The number of rotatable bonds is 7. The van der Waals surface area contributed by atoms with Crippen LogP contribution in [0.4, 0.5) is 0 Å². The summed E-state index contributed by atoms with van der Waals surface area (Å²) in [7, 11) is -1.89. The highest BCUT2D eigenvalue weighted by atomic mass is 35.5. The highest BCUT2D eigenvalue weighted by molar-refractivity contribution is 7.88. The summed E-state index contributed by atoms with van der Waals surface area (Å²) in [6, 6.07) is 0.563. The molecule has 1 rings (SSSR count). The third-order valence-electron chi connectivity index (χ3n) is 3.67. The zero-order valence-electron chi connectivity index (χ0n) is 12.9. The predicted molar refractivity (Wildman–Crippen MR) is 87.2 cm³/mol. The Morgan fingerprint density at radius 3 is 2.24 bits per heavy atom. The first kappa shape index (κ1) is 20.6. The van der Waals surface area contributed by atoms with E-state index < -0.39 is 10.0 Å². The Hall–Kier alpha value is -0.370. The van der Waals surface area contributed by atoms with Crippen LogP contribution in [0.3, 0.4) is 0 Å². The summed E-state index contributed by atoms with van der Waals surface area (Å²) in [5.74, 6) is -0.263. The van der Waals surface area contributed by atoms with Crippen LogP contribution in [0, 0.1) is 0 Å². The van der Waals surface area contributed by atoms with Crippen molar-refractivity contribution in [2.75, 3.05) is 32.9 Å². The number of likely N-dealkylation sites (N-methyl/N-ethyl adjacent to an activating group) is 1. The van der Waals surface area contributed by atoms with Gasteiger partial charge in [0, 0.05) is 26.2 Å². The molecule has 0 bridgehead atoms. The first-order valence-corrected chi connectivity index (χ1v) is 9.16. The molecule has 0 aliphatic heterocycles. The van der Waals surface area contributed by atoms with Crippen molar-refractivity contribution in [3.8, 4) is 0 Å². The number of sulfonamides is 1. The van der Waals surface area contributed by atoms with Gasteiger partial charge in [-0.3, -0.25) is 4.79 Å². The van der Waals surface area contributed by atoms with E-state index in [1.165, 1.54) is 45.6 Å². The van der Waals surface area contributed by atoms with Crippen molar-refractivity contribution < 1.29 is 13.2 Å². The van der Waals surface area contributed by atoms with E-state index >= 15 is 0 Å². The van der Waals surface area contributed by atoms with Crippen LogP contribution in [-0.4, -0.2) is 57.6 Å². The number of carbonyl (C=O) groups excluding carboxylic acids is 1. The molecule has 0 aromatic heterocycles. The van der Waals surface area contributed by atoms with Crippen LogP contribution in [0.1, 0.15) is 38.5 Å². The number of nitrogens with one attached hydrogen (secondary N) is 2. The van der Waals surface area contributed by atoms with Gasteiger partial charge in [-0.25, -0.2) is 8.42 Å². The van der Waals surface area contributed by atoms with E-state index in [1.54, 1.807) is 0 Å². The molecule has 1 aliphatic carbocycles. The highest BCUT2D eigenvalue weighted by Crippen LogP contribution is 2.16. The summed E-state index contributed by atoms with van der Waals surface area (Å²) in [4.78, 5) is 11.6. The van der Waals surface area contributed by atoms with Crippen LogP contribution in [-0.2, 0) is 14.8 Å². The van der Waals surface area contributed by atoms with Gasteiger partial charge in [0.1, 0.15) is 0 Å². The van der Waals surface area contributed by atoms with Crippen LogP contribution >= 0.6 is 12.4 Å². The summed E-state index contributed by atoms with van der Waals surface area (Å²) >= 11 is 0. The molecule has 8 heteroatoms. The first-order chi connectivity index (χ1) is 9.39. The topological polar surface area (TPSA) is 78.5 Å². The summed E-state index contributed by atoms with van der Waals surface area (Å²) in [5.41, 5.74) is 0. The lowest BCUT2D eigenvalue weighted by atomic mass is 10.1. The van der Waals surface area contributed by atoms with Crippen LogP contribution in [0.15, 0.2) is 0 Å². The molecule has 1 saturated carbocycles. The predicted octanol–water partition coefficient (Wildman–Crippen LogP) is 0.728. The standard InChI is InChI=1S/C13H27N3O3S.ClH/c1-16(20(2,18)19)11-13(17)15-10-9-14-12-7-5-3-4-6-8-12;/h12,14H,3-11H2,1-2H3,(H,15,17);1H. The fourth-order valence-corrected chi connectivity index (χ4v) is 2.69. The third kappa shape index (κ3) is 9.29. The van der Waals surface area contributed by atoms with E-state index in [-0.39, 0.29) is 24.9 Å². The van der Waals surface area contributed by atoms with Gasteiger partial charge >= 0.3 is 0 Å². The van der Waals surface area contributed by atoms with E-state index in [2.05, 4.69) is 10.6 Å². The molecule has 21 heavy (non-hydrogen) atoms. The Bertz CT molecular complexity index is 395. The van der Waals surface area contributed by atoms with Crippen molar-refractivity contribution in [3.63, 3.8) is 0 Å². The molecule has 0 aromatic carbocycles. The van der Waals surface area contributed by atoms with E-state index in [4.69, 9.17) is 0 Å². The maximum absolute atomic E-state index is 11.6. The lowest BCUT2D eigenvalue weighted by molar-refractivity contribution is -0.121. The molecule has 0 unspecified atom stereocenters. The van der Waals surface area contributed by atoms with Crippen molar-refractivity contribution in [1.82, 2.24) is 14.9 Å². The van der Waals surface area contributed by atoms with Gasteiger partial charge in [-0.05, 0) is 12.8 Å². The highest BCUT2D eigenvalue weighted by Gasteiger charge is 2.15. The Morgan fingerprint density at radius 2 is 1.71 bits per heavy atom. The molecule has 1 amide bonds. The lowest BCUT2D eigenvalue weighted by Crippen LogP contribution is -2.41. The summed E-state index contributed by atoms with van der Waals surface area (Å²) in [6.07, 6.45) is 8.73. The third-order valence-corrected chi connectivity index (χ3v) is 4.93. The molecule has 0 radical (unpaired) electrons. The van der Waals surface area contributed by atoms with Crippen LogP contribution in [0.5, 0.6) is 0 Å². The van der Waals surface area contributed by atoms with Gasteiger partial charge in [0.05, 0.1) is 12.8 Å². The second-order valence-corrected chi connectivity index (χ2v) is 7.60. The molecule has 2 N–H and O–H groups in total. The largest absolute Gasteiger partial charge is 0.354 e. The number of hydrogen-bond donors (Lipinski definition) is 2. The van der Waals surface area contributed by atoms with Crippen molar-refractivity contribution >= 4 is 28.3 Å². The maximum Gasteiger partial charge on any atom is 0.235 e. The molecule has 1 aliphatic rings. The molecule has 126 valence electrons. The minimum atomic E-state index is -3.29. The van der Waals surface area contributed by atoms with Crippen LogP contribution in [0.25, 0.3) is 0 Å². The van der Waals surface area contributed by atoms with E-state index in [1.807, 2.05) is 0 Å². The number of carbonyl (C=O) groups is 1. The molecular weight excluding hydrogens is 314 g/mol. The number of halogens is 1. The van der Waals surface area contributed by atoms with Gasteiger partial charge in [0.15, 0.2) is 0 Å². The molecule has 0 heterocycles. The minimum absolute atomic E-state index is 0. The summed E-state index contributed by atoms with van der Waals surface area (Å²) in [6.45, 7) is 1.15. The Labute approximate surface area is 134 Å². The number of hydrogen-bond acceptors (Lipinski definition) is 4. The van der Waals surface area contributed by atoms with Crippen molar-refractivity contribution in [1.29, 1.82) is 0 Å². The Kier molecular flexibility index (Phi) is 10.2. The fraction of sp³-hybridized carbons (Fsp3) is 0.923. The average Bonchev–Trinajstić information content (AvgIpc) is 2.62. The van der Waals surface area contributed by atoms with Gasteiger partial charge in [0.2, 0.25) is 15.9 Å². The molecule has 1 fully saturated rings. The zero-order chi connectivity index (χ0) is 15.0. The molecule has 0 spiro atoms. The summed E-state index contributed by atoms with van der Waals surface area (Å²) < 4.78 is 23.4. The maximum atomic E-state index is 11.6. The van der Waals surface area contributed by atoms with Crippen molar-refractivity contribution in [2.24, 2.45) is 0 Å². The van der Waals surface area contributed by atoms with Gasteiger partial charge in [-0.2, -0.15) is 4.31 Å². The summed E-state index contributed by atoms with van der Waals surface area (Å²) in [5, 5.41) is 6.19. The van der Waals surface area contributed by atoms with Crippen LogP contribution < -0.4 is 10.6 Å². The van der Waals surface area contributed by atoms with E-state index in [0.717, 1.165) is 17.1 Å². The van der Waals surface area contributed by atoms with Gasteiger partial charge in [0.25, 0.3) is 0 Å². The second-order valence-electron chi connectivity index (χ2n) is 5.51. The van der Waals surface area contributed by atoms with Gasteiger partial charge < -0.3 is 10.6 Å². The van der Waals surface area contributed by atoms with E-state index in [0.29, 0.717) is 12.6 Å². The normalized spacial score (nSPS) is 17.1. The quantitative estimate of drug-likeness (QED) is 0.528. The molecule has 6 nitrogen and oxygen atoms in total. The van der Waals surface area contributed by atoms with Crippen molar-refractivity contribution in [2.45, 2.75) is 44.6 Å². The van der Waals surface area contributed by atoms with Gasteiger partial charge in [-0.15, -0.1) is 12.4 Å². The smallest absolute Gasteiger partial charge is 0.235 e. The van der Waals surface area contributed by atoms with Crippen LogP contribution in [0.2, 0.25) is 0 Å². The fourth-order valence-electron chi connectivity index (χ4n) is 2.34. The lowest BCUT2D eigenvalue weighted by Gasteiger charge is -2.17. The second kappa shape index (κ2) is 10.4. The molecular formula is C13H28ClN3O3S. The minimum Gasteiger partial charge on any atom is -0.354 e. The number of amides is 1. The number of nitrogens with zero attached hydrogens (tertiary/aromatic N) is 1. The zero-order valence-corrected chi connectivity index (χ0v) is 14.6. The first-order valence-electron chi connectivity index (χ1n) is 7.31.